The van der Waals surface area contributed by atoms with E-state index in [2.05, 4.69) is 5.32 Å². The first-order valence-electron chi connectivity index (χ1n) is 9.98. The van der Waals surface area contributed by atoms with Crippen LogP contribution in [0.15, 0.2) is 72.8 Å². The first-order chi connectivity index (χ1) is 14.9. The minimum absolute atomic E-state index is 0.103. The fraction of sp³-hybridized carbons (Fsp3) is 0.200. The van der Waals surface area contributed by atoms with Crippen LogP contribution in [0.4, 0.5) is 9.18 Å². The van der Waals surface area contributed by atoms with E-state index in [1.165, 1.54) is 25.1 Å². The molecule has 1 aliphatic rings. The van der Waals surface area contributed by atoms with Crippen LogP contribution in [0.25, 0.3) is 11.1 Å². The Labute approximate surface area is 179 Å². The van der Waals surface area contributed by atoms with Gasteiger partial charge >= 0.3 is 12.1 Å². The highest BCUT2D eigenvalue weighted by Crippen LogP contribution is 2.44. The number of carbonyl (C=O) groups is 2. The molecule has 0 radical (unpaired) electrons. The fourth-order valence-corrected chi connectivity index (χ4v) is 4.21. The summed E-state index contributed by atoms with van der Waals surface area (Å²) in [6.45, 7) is 1.64. The number of halogens is 1. The third-order valence-corrected chi connectivity index (χ3v) is 5.69. The molecule has 0 heterocycles. The van der Waals surface area contributed by atoms with Crippen LogP contribution in [0.5, 0.6) is 0 Å². The fourth-order valence-electron chi connectivity index (χ4n) is 4.21. The minimum Gasteiger partial charge on any atom is -0.481 e. The van der Waals surface area contributed by atoms with Gasteiger partial charge < -0.3 is 15.2 Å². The summed E-state index contributed by atoms with van der Waals surface area (Å²) < 4.78 is 19.2. The molecule has 4 rings (SSSR count). The second-order valence-electron chi connectivity index (χ2n) is 7.86. The monoisotopic (exact) mass is 419 g/mol. The summed E-state index contributed by atoms with van der Waals surface area (Å²) in [6.07, 6.45) is -1.17. The maximum absolute atomic E-state index is 13.7. The molecule has 0 saturated heterocycles. The summed E-state index contributed by atoms with van der Waals surface area (Å²) in [4.78, 5) is 24.1. The van der Waals surface area contributed by atoms with Crippen molar-refractivity contribution >= 4 is 12.1 Å². The predicted molar refractivity (Wildman–Crippen MR) is 114 cm³/mol. The van der Waals surface area contributed by atoms with Gasteiger partial charge in [0.05, 0.1) is 12.0 Å². The standard InChI is InChI=1S/C25H22FNO4/c1-25(14-23(28)29,16-7-6-8-17(26)13-16)27-24(30)31-15-22-20-11-4-2-9-18(20)19-10-3-5-12-21(19)22/h2-13,22H,14-15H2,1H3,(H,27,30)(H,28,29). The number of benzene rings is 3. The van der Waals surface area contributed by atoms with Crippen LogP contribution in [0.1, 0.15) is 36.0 Å². The van der Waals surface area contributed by atoms with Crippen molar-refractivity contribution in [1.29, 1.82) is 0 Å². The molecule has 3 aromatic carbocycles. The number of carboxylic acids is 1. The maximum atomic E-state index is 13.7. The number of alkyl carbamates (subject to hydrolysis) is 1. The number of amides is 1. The molecular formula is C25H22FNO4. The molecular weight excluding hydrogens is 397 g/mol. The van der Waals surface area contributed by atoms with E-state index in [4.69, 9.17) is 4.74 Å². The lowest BCUT2D eigenvalue weighted by Gasteiger charge is -2.29. The summed E-state index contributed by atoms with van der Waals surface area (Å²) >= 11 is 0. The van der Waals surface area contributed by atoms with Gasteiger partial charge in [-0.05, 0) is 46.9 Å². The Balaban J connectivity index is 1.52. The average Bonchev–Trinajstić information content (AvgIpc) is 3.05. The van der Waals surface area contributed by atoms with Crippen LogP contribution < -0.4 is 5.32 Å². The molecule has 5 nitrogen and oxygen atoms in total. The highest BCUT2D eigenvalue weighted by atomic mass is 19.1. The predicted octanol–water partition coefficient (Wildman–Crippen LogP) is 5.05. The van der Waals surface area contributed by atoms with Gasteiger partial charge in [0.2, 0.25) is 0 Å². The zero-order valence-corrected chi connectivity index (χ0v) is 17.0. The Morgan fingerprint density at radius 1 is 1.00 bits per heavy atom. The first kappa shape index (κ1) is 20.6. The molecule has 0 spiro atoms. The van der Waals surface area contributed by atoms with Gasteiger partial charge in [0.1, 0.15) is 12.4 Å². The van der Waals surface area contributed by atoms with Crippen molar-refractivity contribution in [3.8, 4) is 11.1 Å². The second-order valence-corrected chi connectivity index (χ2v) is 7.86. The number of nitrogens with one attached hydrogen (secondary N) is 1. The molecule has 0 fully saturated rings. The summed E-state index contributed by atoms with van der Waals surface area (Å²) in [5.41, 5.74) is 3.41. The lowest BCUT2D eigenvalue weighted by molar-refractivity contribution is -0.138. The van der Waals surface area contributed by atoms with Gasteiger partial charge in [0.25, 0.3) is 0 Å². The lowest BCUT2D eigenvalue weighted by atomic mass is 9.88. The smallest absolute Gasteiger partial charge is 0.407 e. The molecule has 3 aromatic rings. The largest absolute Gasteiger partial charge is 0.481 e. The molecule has 1 amide bonds. The number of hydrogen-bond acceptors (Lipinski definition) is 3. The van der Waals surface area contributed by atoms with Crippen molar-refractivity contribution in [1.82, 2.24) is 5.32 Å². The van der Waals surface area contributed by atoms with Crippen molar-refractivity contribution in [3.05, 3.63) is 95.3 Å². The molecule has 0 bridgehead atoms. The summed E-state index contributed by atoms with van der Waals surface area (Å²) in [7, 11) is 0. The molecule has 1 aliphatic carbocycles. The van der Waals surface area contributed by atoms with Gasteiger partial charge in [-0.2, -0.15) is 0 Å². The lowest BCUT2D eigenvalue weighted by Crippen LogP contribution is -2.45. The topological polar surface area (TPSA) is 75.6 Å². The van der Waals surface area contributed by atoms with Crippen molar-refractivity contribution in [2.45, 2.75) is 24.8 Å². The van der Waals surface area contributed by atoms with Crippen LogP contribution in [0.3, 0.4) is 0 Å². The molecule has 0 aromatic heterocycles. The number of rotatable bonds is 6. The van der Waals surface area contributed by atoms with E-state index in [0.29, 0.717) is 5.56 Å². The zero-order chi connectivity index (χ0) is 22.0. The Morgan fingerprint density at radius 2 is 1.61 bits per heavy atom. The average molecular weight is 419 g/mol. The van der Waals surface area contributed by atoms with E-state index in [9.17, 15) is 19.1 Å². The van der Waals surface area contributed by atoms with E-state index in [-0.39, 0.29) is 12.5 Å². The van der Waals surface area contributed by atoms with Crippen LogP contribution in [0, 0.1) is 5.82 Å². The van der Waals surface area contributed by atoms with Crippen molar-refractivity contribution < 1.29 is 23.8 Å². The van der Waals surface area contributed by atoms with Crippen LogP contribution in [0.2, 0.25) is 0 Å². The molecule has 158 valence electrons. The molecule has 31 heavy (non-hydrogen) atoms. The first-order valence-corrected chi connectivity index (χ1v) is 9.98. The highest BCUT2D eigenvalue weighted by Gasteiger charge is 2.34. The van der Waals surface area contributed by atoms with Gasteiger partial charge in [0.15, 0.2) is 0 Å². The van der Waals surface area contributed by atoms with Gasteiger partial charge in [0, 0.05) is 5.92 Å². The van der Waals surface area contributed by atoms with Gasteiger partial charge in [-0.25, -0.2) is 9.18 Å². The summed E-state index contributed by atoms with van der Waals surface area (Å²) in [5.74, 6) is -1.74. The highest BCUT2D eigenvalue weighted by molar-refractivity contribution is 5.79. The van der Waals surface area contributed by atoms with Gasteiger partial charge in [-0.3, -0.25) is 4.79 Å². The van der Waals surface area contributed by atoms with E-state index < -0.39 is 29.8 Å². The van der Waals surface area contributed by atoms with E-state index in [0.717, 1.165) is 22.3 Å². The van der Waals surface area contributed by atoms with Crippen LogP contribution in [-0.2, 0) is 15.1 Å². The zero-order valence-electron chi connectivity index (χ0n) is 17.0. The summed E-state index contributed by atoms with van der Waals surface area (Å²) in [6, 6.07) is 21.5. The number of hydrogen-bond donors (Lipinski definition) is 2. The number of aliphatic carboxylic acids is 1. The Hall–Kier alpha value is -3.67. The molecule has 2 N–H and O–H groups in total. The van der Waals surface area contributed by atoms with Crippen LogP contribution in [-0.4, -0.2) is 23.8 Å². The van der Waals surface area contributed by atoms with E-state index in [1.54, 1.807) is 6.07 Å². The molecule has 0 saturated carbocycles. The third-order valence-electron chi connectivity index (χ3n) is 5.69. The van der Waals surface area contributed by atoms with Gasteiger partial charge in [-0.15, -0.1) is 0 Å². The molecule has 0 aliphatic heterocycles. The number of fused-ring (bicyclic) bond motifs is 3. The number of carboxylic acid groups (broad SMARTS) is 1. The normalized spacial score (nSPS) is 14.3. The number of carbonyl (C=O) groups excluding carboxylic acids is 1. The maximum Gasteiger partial charge on any atom is 0.407 e. The van der Waals surface area contributed by atoms with Gasteiger partial charge in [-0.1, -0.05) is 60.7 Å². The minimum atomic E-state index is -1.32. The molecule has 1 unspecified atom stereocenters. The molecule has 1 atom stereocenters. The second kappa shape index (κ2) is 8.22. The quantitative estimate of drug-likeness (QED) is 0.586. The Morgan fingerprint density at radius 3 is 2.19 bits per heavy atom. The summed E-state index contributed by atoms with van der Waals surface area (Å²) in [5, 5.41) is 12.0. The van der Waals surface area contributed by atoms with Crippen molar-refractivity contribution in [2.24, 2.45) is 0 Å². The SMILES string of the molecule is CC(CC(=O)O)(NC(=O)OCC1c2ccccc2-c2ccccc21)c1cccc(F)c1. The van der Waals surface area contributed by atoms with E-state index >= 15 is 0 Å². The Kier molecular flexibility index (Phi) is 5.46. The van der Waals surface area contributed by atoms with Crippen LogP contribution >= 0.6 is 0 Å². The van der Waals surface area contributed by atoms with E-state index in [1.807, 2.05) is 48.5 Å². The van der Waals surface area contributed by atoms with Crippen molar-refractivity contribution in [2.75, 3.05) is 6.61 Å². The number of ether oxygens (including phenoxy) is 1. The third kappa shape index (κ3) is 4.14. The van der Waals surface area contributed by atoms with Crippen molar-refractivity contribution in [3.63, 3.8) is 0 Å². The molecule has 6 heteroatoms. The Bertz CT molecular complexity index is 1100.